The van der Waals surface area contributed by atoms with Crippen LogP contribution in [0.25, 0.3) is 0 Å². The van der Waals surface area contributed by atoms with Gasteiger partial charge >= 0.3 is 0 Å². The summed E-state index contributed by atoms with van der Waals surface area (Å²) in [6.45, 7) is 7.44. The second-order valence-corrected chi connectivity index (χ2v) is 7.64. The summed E-state index contributed by atoms with van der Waals surface area (Å²) in [5.41, 5.74) is 1.09. The van der Waals surface area contributed by atoms with Crippen molar-refractivity contribution in [2.24, 2.45) is 4.99 Å². The Morgan fingerprint density at radius 1 is 1.26 bits per heavy atom. The smallest absolute Gasteiger partial charge is 0.191 e. The summed E-state index contributed by atoms with van der Waals surface area (Å²) in [6, 6.07) is 5.10. The van der Waals surface area contributed by atoms with Gasteiger partial charge in [0.15, 0.2) is 17.5 Å². The number of guanidine groups is 1. The molecule has 1 fully saturated rings. The third-order valence-corrected chi connectivity index (χ3v) is 5.37. The third-order valence-electron chi connectivity index (χ3n) is 4.78. The highest BCUT2D eigenvalue weighted by Crippen LogP contribution is 2.36. The molecule has 27 heavy (non-hydrogen) atoms. The first-order valence-corrected chi connectivity index (χ1v) is 9.89. The molecule has 1 aliphatic rings. The zero-order valence-corrected chi connectivity index (χ0v) is 20.8. The van der Waals surface area contributed by atoms with E-state index in [0.29, 0.717) is 30.1 Å². The molecule has 0 aliphatic carbocycles. The Hall–Kier alpha value is -0.740. The molecule has 1 saturated heterocycles. The number of halogens is 2. The molecular formula is C19H32BrIN4O2. The van der Waals surface area contributed by atoms with Gasteiger partial charge in [0.05, 0.1) is 18.7 Å². The molecule has 1 heterocycles. The van der Waals surface area contributed by atoms with Crippen LogP contribution in [-0.2, 0) is 6.54 Å². The molecule has 0 unspecified atom stereocenters. The second-order valence-electron chi connectivity index (χ2n) is 6.79. The minimum Gasteiger partial charge on any atom is -0.493 e. The summed E-state index contributed by atoms with van der Waals surface area (Å²) in [7, 11) is 5.09. The van der Waals surface area contributed by atoms with Gasteiger partial charge in [-0.1, -0.05) is 0 Å². The van der Waals surface area contributed by atoms with E-state index < -0.39 is 0 Å². The fraction of sp³-hybridized carbons (Fsp3) is 0.632. The van der Waals surface area contributed by atoms with Gasteiger partial charge in [-0.15, -0.1) is 24.0 Å². The Labute approximate surface area is 188 Å². The van der Waals surface area contributed by atoms with E-state index in [-0.39, 0.29) is 24.0 Å². The van der Waals surface area contributed by atoms with E-state index in [1.807, 2.05) is 19.2 Å². The van der Waals surface area contributed by atoms with Crippen molar-refractivity contribution in [1.29, 1.82) is 0 Å². The predicted octanol–water partition coefficient (Wildman–Crippen LogP) is 3.62. The number of piperidine rings is 1. The lowest BCUT2D eigenvalue weighted by molar-refractivity contribution is 0.167. The molecule has 0 bridgehead atoms. The van der Waals surface area contributed by atoms with Gasteiger partial charge < -0.3 is 25.0 Å². The summed E-state index contributed by atoms with van der Waals surface area (Å²) < 4.78 is 11.6. The number of likely N-dealkylation sites (tertiary alicyclic amines) is 1. The van der Waals surface area contributed by atoms with Gasteiger partial charge in [-0.25, -0.2) is 0 Å². The van der Waals surface area contributed by atoms with Crippen molar-refractivity contribution in [3.8, 4) is 11.5 Å². The van der Waals surface area contributed by atoms with Crippen LogP contribution in [0.15, 0.2) is 21.6 Å². The SMILES string of the molecule is CN=C(NCc1cc(Br)c(OC)c(OC)c1)NC1CCN(C(C)C)CC1.I. The quantitative estimate of drug-likeness (QED) is 0.319. The number of hydrogen-bond acceptors (Lipinski definition) is 4. The first-order chi connectivity index (χ1) is 12.5. The maximum Gasteiger partial charge on any atom is 0.191 e. The van der Waals surface area contributed by atoms with Gasteiger partial charge in [0.2, 0.25) is 0 Å². The molecule has 8 heteroatoms. The van der Waals surface area contributed by atoms with E-state index in [1.165, 1.54) is 0 Å². The molecule has 0 aromatic heterocycles. The van der Waals surface area contributed by atoms with Crippen molar-refractivity contribution in [3.63, 3.8) is 0 Å². The molecule has 154 valence electrons. The molecule has 1 aliphatic heterocycles. The second kappa shape index (κ2) is 12.0. The lowest BCUT2D eigenvalue weighted by Gasteiger charge is -2.35. The molecule has 1 aromatic rings. The fourth-order valence-electron chi connectivity index (χ4n) is 3.21. The normalized spacial score (nSPS) is 16.0. The topological polar surface area (TPSA) is 58.1 Å². The average molecular weight is 555 g/mol. The van der Waals surface area contributed by atoms with Crippen molar-refractivity contribution in [2.45, 2.75) is 45.3 Å². The number of rotatable bonds is 6. The van der Waals surface area contributed by atoms with Gasteiger partial charge in [-0.3, -0.25) is 4.99 Å². The van der Waals surface area contributed by atoms with E-state index in [2.05, 4.69) is 50.3 Å². The Kier molecular flexibility index (Phi) is 10.8. The van der Waals surface area contributed by atoms with E-state index >= 15 is 0 Å². The van der Waals surface area contributed by atoms with Crippen molar-refractivity contribution in [1.82, 2.24) is 15.5 Å². The number of methoxy groups -OCH3 is 2. The molecule has 0 radical (unpaired) electrons. The van der Waals surface area contributed by atoms with Gasteiger partial charge in [-0.05, 0) is 60.3 Å². The van der Waals surface area contributed by atoms with E-state index in [4.69, 9.17) is 9.47 Å². The van der Waals surface area contributed by atoms with E-state index in [1.54, 1.807) is 14.2 Å². The minimum atomic E-state index is 0. The van der Waals surface area contributed by atoms with Crippen LogP contribution < -0.4 is 20.1 Å². The summed E-state index contributed by atoms with van der Waals surface area (Å²) >= 11 is 3.54. The number of ether oxygens (including phenoxy) is 2. The number of nitrogens with zero attached hydrogens (tertiary/aromatic N) is 2. The molecule has 0 atom stereocenters. The Morgan fingerprint density at radius 2 is 1.93 bits per heavy atom. The first kappa shape index (κ1) is 24.3. The van der Waals surface area contributed by atoms with Crippen molar-refractivity contribution >= 4 is 45.9 Å². The number of nitrogens with one attached hydrogen (secondary N) is 2. The Morgan fingerprint density at radius 3 is 2.44 bits per heavy atom. The molecule has 6 nitrogen and oxygen atoms in total. The average Bonchev–Trinajstić information content (AvgIpc) is 2.64. The summed E-state index contributed by atoms with van der Waals surface area (Å²) in [5, 5.41) is 6.94. The summed E-state index contributed by atoms with van der Waals surface area (Å²) in [6.07, 6.45) is 2.28. The zero-order valence-electron chi connectivity index (χ0n) is 16.8. The van der Waals surface area contributed by atoms with Crippen LogP contribution in [0.5, 0.6) is 11.5 Å². The molecule has 1 aromatic carbocycles. The van der Waals surface area contributed by atoms with Crippen LogP contribution >= 0.6 is 39.9 Å². The van der Waals surface area contributed by atoms with Gasteiger partial charge in [0, 0.05) is 38.8 Å². The lowest BCUT2D eigenvalue weighted by Crippen LogP contribution is -2.49. The molecular weight excluding hydrogens is 523 g/mol. The molecule has 2 N–H and O–H groups in total. The molecule has 0 spiro atoms. The zero-order chi connectivity index (χ0) is 19.1. The first-order valence-electron chi connectivity index (χ1n) is 9.10. The standard InChI is InChI=1S/C19H31BrN4O2.HI/c1-13(2)24-8-6-15(7-9-24)23-19(21-3)22-12-14-10-16(20)18(26-5)17(11-14)25-4;/h10-11,13,15H,6-9,12H2,1-5H3,(H2,21,22,23);1H. The Bertz CT molecular complexity index is 620. The highest BCUT2D eigenvalue weighted by molar-refractivity contribution is 14.0. The highest BCUT2D eigenvalue weighted by atomic mass is 127. The predicted molar refractivity (Wildman–Crippen MR) is 126 cm³/mol. The monoisotopic (exact) mass is 554 g/mol. The van der Waals surface area contributed by atoms with Crippen LogP contribution in [-0.4, -0.2) is 57.3 Å². The van der Waals surface area contributed by atoms with E-state index in [0.717, 1.165) is 41.9 Å². The van der Waals surface area contributed by atoms with Gasteiger partial charge in [0.1, 0.15) is 0 Å². The van der Waals surface area contributed by atoms with Crippen LogP contribution in [0.1, 0.15) is 32.3 Å². The van der Waals surface area contributed by atoms with Crippen LogP contribution in [0.2, 0.25) is 0 Å². The summed E-state index contributed by atoms with van der Waals surface area (Å²) in [5.74, 6) is 2.25. The number of aliphatic imine (C=N–C) groups is 1. The maximum atomic E-state index is 5.41. The van der Waals surface area contributed by atoms with Gasteiger partial charge in [-0.2, -0.15) is 0 Å². The van der Waals surface area contributed by atoms with Crippen LogP contribution in [0, 0.1) is 0 Å². The van der Waals surface area contributed by atoms with Crippen molar-refractivity contribution < 1.29 is 9.47 Å². The number of hydrogen-bond donors (Lipinski definition) is 2. The highest BCUT2D eigenvalue weighted by Gasteiger charge is 2.21. The lowest BCUT2D eigenvalue weighted by atomic mass is 10.0. The van der Waals surface area contributed by atoms with Gasteiger partial charge in [0.25, 0.3) is 0 Å². The Balaban J connectivity index is 0.00000364. The largest absolute Gasteiger partial charge is 0.493 e. The van der Waals surface area contributed by atoms with Crippen LogP contribution in [0.3, 0.4) is 0 Å². The molecule has 0 saturated carbocycles. The third kappa shape index (κ3) is 6.98. The minimum absolute atomic E-state index is 0. The summed E-state index contributed by atoms with van der Waals surface area (Å²) in [4.78, 5) is 6.89. The van der Waals surface area contributed by atoms with Crippen molar-refractivity contribution in [2.75, 3.05) is 34.4 Å². The van der Waals surface area contributed by atoms with Crippen molar-refractivity contribution in [3.05, 3.63) is 22.2 Å². The fourth-order valence-corrected chi connectivity index (χ4v) is 3.86. The maximum absolute atomic E-state index is 5.41. The molecule has 2 rings (SSSR count). The molecule has 0 amide bonds. The number of benzene rings is 1. The van der Waals surface area contributed by atoms with E-state index in [9.17, 15) is 0 Å². The van der Waals surface area contributed by atoms with Crippen LogP contribution in [0.4, 0.5) is 0 Å².